The SMILES string of the molecule is NC(=O)c1ncc(-c2nccs2)nc1Nc1ccc(C2CCN(C[C@@H]3CCN(c4ccc5c(c4)C(=O)N(C4CCC(=O)NC4=O)C5=O)C3)CC2)cc1. The second-order valence-electron chi connectivity index (χ2n) is 13.8. The smallest absolute Gasteiger partial charge is 0.271 e. The van der Waals surface area contributed by atoms with Crippen LogP contribution < -0.4 is 21.3 Å². The van der Waals surface area contributed by atoms with Crippen molar-refractivity contribution in [1.29, 1.82) is 0 Å². The highest BCUT2D eigenvalue weighted by Crippen LogP contribution is 2.34. The summed E-state index contributed by atoms with van der Waals surface area (Å²) in [5.74, 6) is -1.40. The van der Waals surface area contributed by atoms with Gasteiger partial charge in [-0.3, -0.25) is 34.2 Å². The average molecular weight is 720 g/mol. The third-order valence-corrected chi connectivity index (χ3v) is 11.3. The first-order valence-corrected chi connectivity index (χ1v) is 18.4. The van der Waals surface area contributed by atoms with E-state index in [9.17, 15) is 24.0 Å². The predicted octanol–water partition coefficient (Wildman–Crippen LogP) is 3.55. The summed E-state index contributed by atoms with van der Waals surface area (Å²) in [7, 11) is 0. The zero-order valence-electron chi connectivity index (χ0n) is 28.3. The van der Waals surface area contributed by atoms with E-state index in [1.165, 1.54) is 23.1 Å². The summed E-state index contributed by atoms with van der Waals surface area (Å²) in [5, 5.41) is 8.02. The van der Waals surface area contributed by atoms with Crippen molar-refractivity contribution in [2.24, 2.45) is 11.7 Å². The number of benzene rings is 2. The lowest BCUT2D eigenvalue weighted by Crippen LogP contribution is -2.54. The van der Waals surface area contributed by atoms with Gasteiger partial charge in [-0.05, 0) is 86.5 Å². The van der Waals surface area contributed by atoms with Crippen molar-refractivity contribution in [3.05, 3.63) is 82.6 Å². The summed E-state index contributed by atoms with van der Waals surface area (Å²) in [6.07, 6.45) is 6.58. The molecule has 2 aromatic heterocycles. The molecule has 14 nitrogen and oxygen atoms in total. The third kappa shape index (κ3) is 6.52. The van der Waals surface area contributed by atoms with Gasteiger partial charge in [0.1, 0.15) is 16.7 Å². The number of rotatable bonds is 9. The second-order valence-corrected chi connectivity index (χ2v) is 14.6. The Kier molecular flexibility index (Phi) is 8.97. The van der Waals surface area contributed by atoms with Crippen LogP contribution >= 0.6 is 11.3 Å². The highest BCUT2D eigenvalue weighted by Gasteiger charge is 2.45. The van der Waals surface area contributed by atoms with Crippen LogP contribution in [0, 0.1) is 5.92 Å². The van der Waals surface area contributed by atoms with Gasteiger partial charge in [0, 0.05) is 49.0 Å². The number of hydrogen-bond acceptors (Lipinski definition) is 12. The molecule has 15 heteroatoms. The highest BCUT2D eigenvalue weighted by molar-refractivity contribution is 7.13. The van der Waals surface area contributed by atoms with Crippen molar-refractivity contribution in [2.75, 3.05) is 42.9 Å². The predicted molar refractivity (Wildman–Crippen MR) is 193 cm³/mol. The van der Waals surface area contributed by atoms with Crippen LogP contribution in [0.1, 0.15) is 74.8 Å². The fraction of sp³-hybridized carbons (Fsp3) is 0.351. The number of likely N-dealkylation sites (tertiary alicyclic amines) is 1. The van der Waals surface area contributed by atoms with Gasteiger partial charge < -0.3 is 20.9 Å². The van der Waals surface area contributed by atoms with Crippen molar-refractivity contribution in [2.45, 2.75) is 44.1 Å². The molecule has 0 saturated carbocycles. The molecule has 0 radical (unpaired) electrons. The largest absolute Gasteiger partial charge is 0.371 e. The van der Waals surface area contributed by atoms with Crippen molar-refractivity contribution >= 4 is 58.1 Å². The van der Waals surface area contributed by atoms with Crippen molar-refractivity contribution < 1.29 is 24.0 Å². The fourth-order valence-corrected chi connectivity index (χ4v) is 8.36. The number of hydrogen-bond donors (Lipinski definition) is 3. The van der Waals surface area contributed by atoms with E-state index < -0.39 is 35.6 Å². The molecule has 4 aliphatic heterocycles. The lowest BCUT2D eigenvalue weighted by atomic mass is 9.89. The van der Waals surface area contributed by atoms with Crippen LogP contribution in [0.2, 0.25) is 0 Å². The lowest BCUT2D eigenvalue weighted by molar-refractivity contribution is -0.136. The summed E-state index contributed by atoms with van der Waals surface area (Å²) >= 11 is 1.44. The van der Waals surface area contributed by atoms with Gasteiger partial charge in [0.25, 0.3) is 17.7 Å². The molecule has 0 spiro atoms. The normalized spacial score (nSPS) is 21.1. The molecular weight excluding hydrogens is 683 g/mol. The molecule has 52 heavy (non-hydrogen) atoms. The van der Waals surface area contributed by atoms with E-state index in [4.69, 9.17) is 5.73 Å². The highest BCUT2D eigenvalue weighted by atomic mass is 32.1. The second kappa shape index (κ2) is 13.9. The number of amides is 5. The summed E-state index contributed by atoms with van der Waals surface area (Å²) in [5.41, 5.74) is 9.77. The van der Waals surface area contributed by atoms with Crippen LogP contribution in [0.25, 0.3) is 10.7 Å². The van der Waals surface area contributed by atoms with Gasteiger partial charge in [-0.1, -0.05) is 12.1 Å². The molecule has 0 bridgehead atoms. The van der Waals surface area contributed by atoms with E-state index in [0.717, 1.165) is 68.3 Å². The van der Waals surface area contributed by atoms with Gasteiger partial charge in [0.05, 0.1) is 17.3 Å². The van der Waals surface area contributed by atoms with Crippen LogP contribution in [-0.4, -0.2) is 93.1 Å². The zero-order valence-corrected chi connectivity index (χ0v) is 29.1. The maximum absolute atomic E-state index is 13.3. The first kappa shape index (κ1) is 33.6. The number of nitrogens with two attached hydrogens (primary N) is 1. The Morgan fingerprint density at radius 2 is 1.73 bits per heavy atom. The van der Waals surface area contributed by atoms with E-state index in [1.807, 2.05) is 23.6 Å². The van der Waals surface area contributed by atoms with E-state index in [0.29, 0.717) is 39.5 Å². The maximum atomic E-state index is 13.3. The quantitative estimate of drug-likeness (QED) is 0.215. The number of fused-ring (bicyclic) bond motifs is 1. The first-order valence-electron chi connectivity index (χ1n) is 17.5. The fourth-order valence-electron chi connectivity index (χ4n) is 7.77. The van der Waals surface area contributed by atoms with Crippen LogP contribution in [-0.2, 0) is 9.59 Å². The number of aromatic nitrogens is 3. The molecule has 2 atom stereocenters. The number of imide groups is 2. The number of piperidine rings is 2. The summed E-state index contributed by atoms with van der Waals surface area (Å²) in [6.45, 7) is 4.74. The van der Waals surface area contributed by atoms with Crippen LogP contribution in [0.4, 0.5) is 17.2 Å². The Morgan fingerprint density at radius 3 is 2.46 bits per heavy atom. The monoisotopic (exact) mass is 719 g/mol. The van der Waals surface area contributed by atoms with E-state index in [2.05, 4.69) is 47.5 Å². The van der Waals surface area contributed by atoms with Gasteiger partial charge >= 0.3 is 0 Å². The molecule has 3 fully saturated rings. The molecule has 4 aromatic rings. The number of thiazole rings is 1. The summed E-state index contributed by atoms with van der Waals surface area (Å²) < 4.78 is 0. The molecule has 4 aliphatic rings. The number of primary amides is 1. The third-order valence-electron chi connectivity index (χ3n) is 10.5. The molecule has 4 N–H and O–H groups in total. The molecule has 8 rings (SSSR count). The maximum Gasteiger partial charge on any atom is 0.271 e. The Hall–Kier alpha value is -5.54. The Balaban J connectivity index is 0.841. The first-order chi connectivity index (χ1) is 25.2. The van der Waals surface area contributed by atoms with Crippen LogP contribution in [0.15, 0.2) is 60.2 Å². The Labute approximate surface area is 303 Å². The van der Waals surface area contributed by atoms with E-state index in [1.54, 1.807) is 18.3 Å². The number of carbonyl (C=O) groups excluding carboxylic acids is 5. The molecule has 266 valence electrons. The zero-order chi connectivity index (χ0) is 35.9. The van der Waals surface area contributed by atoms with Crippen LogP contribution in [0.5, 0.6) is 0 Å². The molecule has 5 amide bonds. The van der Waals surface area contributed by atoms with Crippen LogP contribution in [0.3, 0.4) is 0 Å². The Bertz CT molecular complexity index is 2060. The lowest BCUT2D eigenvalue weighted by Gasteiger charge is -2.34. The van der Waals surface area contributed by atoms with Crippen molar-refractivity contribution in [3.8, 4) is 10.7 Å². The Morgan fingerprint density at radius 1 is 0.942 bits per heavy atom. The molecule has 6 heterocycles. The van der Waals surface area contributed by atoms with E-state index in [-0.39, 0.29) is 18.5 Å². The number of carbonyl (C=O) groups is 5. The molecule has 0 aliphatic carbocycles. The molecule has 3 saturated heterocycles. The van der Waals surface area contributed by atoms with Crippen molar-refractivity contribution in [3.63, 3.8) is 0 Å². The number of nitrogens with zero attached hydrogens (tertiary/aromatic N) is 6. The minimum Gasteiger partial charge on any atom is -0.371 e. The standard InChI is InChI=1S/C37H37N9O5S/c38-32(48)31-33(42-28(18-40-31)35-39-12-16-52-35)41-24-3-1-22(2-4-24)23-10-13-44(14-11-23)19-21-9-15-45(20-21)25-5-6-26-27(17-25)37(51)46(36(26)50)29-7-8-30(47)43-34(29)49/h1-6,12,16-18,21,23,29H,7-11,13-15,19-20H2,(H2,38,48)(H,41,42)(H,43,47,49)/t21-,29?/m0/s1. The minimum absolute atomic E-state index is 0.0689. The summed E-state index contributed by atoms with van der Waals surface area (Å²) in [6, 6.07) is 12.6. The topological polar surface area (TPSA) is 184 Å². The molecule has 2 aromatic carbocycles. The van der Waals surface area contributed by atoms with Gasteiger partial charge in [-0.15, -0.1) is 11.3 Å². The molecular formula is C37H37N9O5S. The van der Waals surface area contributed by atoms with Gasteiger partial charge in [-0.25, -0.2) is 15.0 Å². The van der Waals surface area contributed by atoms with Gasteiger partial charge in [0.15, 0.2) is 11.5 Å². The minimum atomic E-state index is -0.970. The average Bonchev–Trinajstić information content (AvgIpc) is 3.90. The number of nitrogens with one attached hydrogen (secondary N) is 2. The summed E-state index contributed by atoms with van der Waals surface area (Å²) in [4.78, 5) is 81.4. The van der Waals surface area contributed by atoms with E-state index >= 15 is 0 Å². The molecule has 1 unspecified atom stereocenters. The number of anilines is 3. The van der Waals surface area contributed by atoms with Gasteiger partial charge in [-0.2, -0.15) is 0 Å². The van der Waals surface area contributed by atoms with Gasteiger partial charge in [0.2, 0.25) is 11.8 Å². The van der Waals surface area contributed by atoms with Crippen molar-refractivity contribution in [1.82, 2.24) is 30.1 Å².